The van der Waals surface area contributed by atoms with E-state index in [4.69, 9.17) is 9.47 Å². The van der Waals surface area contributed by atoms with E-state index in [1.54, 1.807) is 0 Å². The van der Waals surface area contributed by atoms with Crippen LogP contribution in [0.3, 0.4) is 0 Å². The maximum atomic E-state index is 5.56. The van der Waals surface area contributed by atoms with E-state index in [2.05, 4.69) is 12.1 Å². The van der Waals surface area contributed by atoms with E-state index < -0.39 is 0 Å². The molecule has 0 aromatic heterocycles. The second-order valence-corrected chi connectivity index (χ2v) is 3.63. The lowest BCUT2D eigenvalue weighted by Crippen LogP contribution is -2.07. The minimum Gasteiger partial charge on any atom is -0.371 e. The number of benzene rings is 1. The molecule has 1 radical (unpaired) electrons. The Morgan fingerprint density at radius 2 is 2.14 bits per heavy atom. The van der Waals surface area contributed by atoms with Gasteiger partial charge in [0.15, 0.2) is 0 Å². The maximum Gasteiger partial charge on any atom is 0.104 e. The predicted molar refractivity (Wildman–Crippen MR) is 54.8 cm³/mol. The van der Waals surface area contributed by atoms with E-state index in [1.807, 2.05) is 25.1 Å². The van der Waals surface area contributed by atoms with Crippen LogP contribution in [0.25, 0.3) is 0 Å². The molecule has 0 bridgehead atoms. The van der Waals surface area contributed by atoms with Crippen LogP contribution in [0.4, 0.5) is 0 Å². The van der Waals surface area contributed by atoms with Gasteiger partial charge in [-0.15, -0.1) is 0 Å². The summed E-state index contributed by atoms with van der Waals surface area (Å²) in [6, 6.07) is 10.3. The van der Waals surface area contributed by atoms with Crippen molar-refractivity contribution >= 4 is 0 Å². The molecule has 1 fully saturated rings. The lowest BCUT2D eigenvalue weighted by atomic mass is 10.1. The zero-order chi connectivity index (χ0) is 9.80. The summed E-state index contributed by atoms with van der Waals surface area (Å²) < 4.78 is 10.6. The molecule has 2 nitrogen and oxygen atoms in total. The van der Waals surface area contributed by atoms with Crippen molar-refractivity contribution in [3.63, 3.8) is 0 Å². The molecule has 1 unspecified atom stereocenters. The van der Waals surface area contributed by atoms with Gasteiger partial charge in [-0.05, 0) is 12.5 Å². The molecule has 1 aliphatic rings. The monoisotopic (exact) mass is 191 g/mol. The Hall–Kier alpha value is -0.860. The van der Waals surface area contributed by atoms with E-state index in [9.17, 15) is 0 Å². The molecular weight excluding hydrogens is 176 g/mol. The van der Waals surface area contributed by atoms with Crippen molar-refractivity contribution in [2.75, 3.05) is 13.2 Å². The lowest BCUT2D eigenvalue weighted by Gasteiger charge is -2.10. The summed E-state index contributed by atoms with van der Waals surface area (Å²) in [7, 11) is 0. The zero-order valence-electron chi connectivity index (χ0n) is 8.40. The van der Waals surface area contributed by atoms with Gasteiger partial charge in [-0.3, -0.25) is 0 Å². The Balaban J connectivity index is 1.73. The Bertz CT molecular complexity index is 267. The zero-order valence-corrected chi connectivity index (χ0v) is 8.40. The van der Waals surface area contributed by atoms with E-state index in [0.717, 1.165) is 19.1 Å². The third-order valence-corrected chi connectivity index (χ3v) is 2.21. The van der Waals surface area contributed by atoms with Crippen LogP contribution in [-0.2, 0) is 15.9 Å². The van der Waals surface area contributed by atoms with E-state index >= 15 is 0 Å². The molecule has 1 atom stereocenters. The van der Waals surface area contributed by atoms with Crippen molar-refractivity contribution in [3.05, 3.63) is 42.0 Å². The largest absolute Gasteiger partial charge is 0.371 e. The fraction of sp³-hybridized carbons (Fsp3) is 0.417. The number of epoxide rings is 1. The highest BCUT2D eigenvalue weighted by Gasteiger charge is 2.23. The third kappa shape index (κ3) is 3.13. The van der Waals surface area contributed by atoms with Crippen molar-refractivity contribution in [3.8, 4) is 0 Å². The van der Waals surface area contributed by atoms with Gasteiger partial charge in [0.25, 0.3) is 0 Å². The highest BCUT2D eigenvalue weighted by molar-refractivity contribution is 5.17. The first-order chi connectivity index (χ1) is 6.84. The van der Waals surface area contributed by atoms with Gasteiger partial charge in [0.2, 0.25) is 0 Å². The van der Waals surface area contributed by atoms with Crippen molar-refractivity contribution < 1.29 is 9.47 Å². The summed E-state index contributed by atoms with van der Waals surface area (Å²) in [5, 5.41) is 0. The maximum absolute atomic E-state index is 5.56. The highest BCUT2D eigenvalue weighted by atomic mass is 16.6. The topological polar surface area (TPSA) is 21.8 Å². The highest BCUT2D eigenvalue weighted by Crippen LogP contribution is 2.15. The van der Waals surface area contributed by atoms with Gasteiger partial charge >= 0.3 is 0 Å². The fourth-order valence-electron chi connectivity index (χ4n) is 1.33. The van der Waals surface area contributed by atoms with Gasteiger partial charge in [0.1, 0.15) is 6.10 Å². The molecule has 2 heteroatoms. The summed E-state index contributed by atoms with van der Waals surface area (Å²) >= 11 is 0. The lowest BCUT2D eigenvalue weighted by molar-refractivity contribution is 0.127. The van der Waals surface area contributed by atoms with Crippen LogP contribution in [0.2, 0.25) is 0 Å². The van der Waals surface area contributed by atoms with Crippen LogP contribution in [0.1, 0.15) is 12.5 Å². The van der Waals surface area contributed by atoms with Gasteiger partial charge in [-0.2, -0.15) is 0 Å². The molecule has 1 saturated heterocycles. The molecule has 0 amide bonds. The van der Waals surface area contributed by atoms with Gasteiger partial charge in [-0.1, -0.05) is 30.3 Å². The molecule has 1 aromatic rings. The molecule has 0 saturated carbocycles. The number of rotatable bonds is 5. The average molecular weight is 191 g/mol. The average Bonchev–Trinajstić information content (AvgIpc) is 3.00. The summed E-state index contributed by atoms with van der Waals surface area (Å²) in [5.74, 6) is 0. The van der Waals surface area contributed by atoms with Crippen LogP contribution >= 0.6 is 0 Å². The molecule has 0 N–H and O–H groups in total. The molecule has 0 spiro atoms. The number of ether oxygens (including phenoxy) is 2. The van der Waals surface area contributed by atoms with Gasteiger partial charge in [-0.25, -0.2) is 0 Å². The molecule has 14 heavy (non-hydrogen) atoms. The van der Waals surface area contributed by atoms with Crippen molar-refractivity contribution in [2.24, 2.45) is 0 Å². The van der Waals surface area contributed by atoms with Crippen molar-refractivity contribution in [2.45, 2.75) is 19.4 Å². The minimum absolute atomic E-state index is 0.348. The SMILES string of the molecule is C[C](Cc1ccccc1)OCC1CO1. The van der Waals surface area contributed by atoms with Gasteiger partial charge in [0.05, 0.1) is 19.3 Å². The van der Waals surface area contributed by atoms with Crippen LogP contribution in [0.5, 0.6) is 0 Å². The predicted octanol–water partition coefficient (Wildman–Crippen LogP) is 2.20. The smallest absolute Gasteiger partial charge is 0.104 e. The third-order valence-electron chi connectivity index (χ3n) is 2.21. The Labute approximate surface area is 84.8 Å². The molecule has 1 aromatic carbocycles. The second-order valence-electron chi connectivity index (χ2n) is 3.63. The van der Waals surface area contributed by atoms with E-state index in [0.29, 0.717) is 12.7 Å². The van der Waals surface area contributed by atoms with Crippen molar-refractivity contribution in [1.82, 2.24) is 0 Å². The molecule has 2 rings (SSSR count). The number of hydrogen-bond acceptors (Lipinski definition) is 2. The molecule has 0 aliphatic carbocycles. The first-order valence-corrected chi connectivity index (χ1v) is 4.95. The van der Waals surface area contributed by atoms with Crippen LogP contribution in [0.15, 0.2) is 30.3 Å². The minimum atomic E-state index is 0.348. The van der Waals surface area contributed by atoms with E-state index in [-0.39, 0.29) is 0 Å². The van der Waals surface area contributed by atoms with Crippen molar-refractivity contribution in [1.29, 1.82) is 0 Å². The normalized spacial score (nSPS) is 20.0. The summed E-state index contributed by atoms with van der Waals surface area (Å²) in [4.78, 5) is 0. The quantitative estimate of drug-likeness (QED) is 0.665. The fourth-order valence-corrected chi connectivity index (χ4v) is 1.33. The standard InChI is InChI=1S/C12H15O2/c1-10(13-8-12-9-14-12)7-11-5-3-2-4-6-11/h2-6,12H,7-9H2,1H3. The summed E-state index contributed by atoms with van der Waals surface area (Å²) in [6.07, 6.45) is 2.31. The molecule has 1 heterocycles. The van der Waals surface area contributed by atoms with Crippen LogP contribution < -0.4 is 0 Å². The van der Waals surface area contributed by atoms with Gasteiger partial charge < -0.3 is 9.47 Å². The molecule has 1 aliphatic heterocycles. The summed E-state index contributed by atoms with van der Waals surface area (Å²) in [5.41, 5.74) is 1.29. The Morgan fingerprint density at radius 1 is 1.43 bits per heavy atom. The second kappa shape index (κ2) is 4.58. The first kappa shape index (κ1) is 9.69. The van der Waals surface area contributed by atoms with E-state index in [1.165, 1.54) is 5.56 Å². The Morgan fingerprint density at radius 3 is 2.79 bits per heavy atom. The van der Waals surface area contributed by atoms with Crippen LogP contribution in [0, 0.1) is 6.10 Å². The molecular formula is C12H15O2. The molecule has 75 valence electrons. The first-order valence-electron chi connectivity index (χ1n) is 4.95. The number of hydrogen-bond donors (Lipinski definition) is 0. The van der Waals surface area contributed by atoms with Gasteiger partial charge in [0, 0.05) is 6.42 Å². The summed E-state index contributed by atoms with van der Waals surface area (Å²) in [6.45, 7) is 3.59. The Kier molecular flexibility index (Phi) is 3.17. The van der Waals surface area contributed by atoms with Crippen LogP contribution in [-0.4, -0.2) is 19.3 Å².